The van der Waals surface area contributed by atoms with Crippen LogP contribution < -0.4 is 5.73 Å². The zero-order valence-electron chi connectivity index (χ0n) is 12.5. The molecule has 1 aliphatic rings. The minimum Gasteiger partial charge on any atom is -0.380 e. The summed E-state index contributed by atoms with van der Waals surface area (Å²) in [7, 11) is 1.72. The van der Waals surface area contributed by atoms with Crippen molar-refractivity contribution in [3.05, 3.63) is 35.4 Å². The Morgan fingerprint density at radius 2 is 2.15 bits per heavy atom. The SMILES string of the molecule is CCC1COCCN1C(CN)c1ccc(COC)cc1. The van der Waals surface area contributed by atoms with E-state index in [1.165, 1.54) is 11.1 Å². The first kappa shape index (κ1) is 15.4. The Bertz CT molecular complexity index is 394. The second-order valence-corrected chi connectivity index (χ2v) is 5.30. The van der Waals surface area contributed by atoms with Crippen LogP contribution in [-0.4, -0.2) is 44.4 Å². The van der Waals surface area contributed by atoms with Crippen LogP contribution in [-0.2, 0) is 16.1 Å². The van der Waals surface area contributed by atoms with Crippen LogP contribution >= 0.6 is 0 Å². The van der Waals surface area contributed by atoms with Gasteiger partial charge in [-0.05, 0) is 17.5 Å². The minimum absolute atomic E-state index is 0.278. The summed E-state index contributed by atoms with van der Waals surface area (Å²) in [5.74, 6) is 0. The maximum Gasteiger partial charge on any atom is 0.0713 e. The number of morpholine rings is 1. The third-order valence-corrected chi connectivity index (χ3v) is 4.04. The van der Waals surface area contributed by atoms with Crippen LogP contribution in [0.2, 0.25) is 0 Å². The van der Waals surface area contributed by atoms with E-state index in [9.17, 15) is 0 Å². The summed E-state index contributed by atoms with van der Waals surface area (Å²) in [6.07, 6.45) is 1.10. The highest BCUT2D eigenvalue weighted by atomic mass is 16.5. The fraction of sp³-hybridized carbons (Fsp3) is 0.625. The number of rotatable bonds is 6. The lowest BCUT2D eigenvalue weighted by Crippen LogP contribution is -2.48. The van der Waals surface area contributed by atoms with Crippen molar-refractivity contribution in [2.45, 2.75) is 32.0 Å². The molecule has 2 N–H and O–H groups in total. The molecule has 2 atom stereocenters. The summed E-state index contributed by atoms with van der Waals surface area (Å²) in [6, 6.07) is 9.35. The van der Waals surface area contributed by atoms with E-state index in [0.29, 0.717) is 19.2 Å². The van der Waals surface area contributed by atoms with E-state index < -0.39 is 0 Å². The summed E-state index contributed by atoms with van der Waals surface area (Å²) in [4.78, 5) is 2.49. The number of nitrogens with two attached hydrogens (primary N) is 1. The molecule has 112 valence electrons. The summed E-state index contributed by atoms with van der Waals surface area (Å²) in [6.45, 7) is 6.08. The Labute approximate surface area is 121 Å². The first-order chi connectivity index (χ1) is 9.80. The van der Waals surface area contributed by atoms with Gasteiger partial charge in [-0.25, -0.2) is 0 Å². The van der Waals surface area contributed by atoms with Crippen LogP contribution in [0.4, 0.5) is 0 Å². The monoisotopic (exact) mass is 278 g/mol. The van der Waals surface area contributed by atoms with Gasteiger partial charge < -0.3 is 15.2 Å². The van der Waals surface area contributed by atoms with E-state index in [2.05, 4.69) is 36.1 Å². The Morgan fingerprint density at radius 1 is 1.40 bits per heavy atom. The van der Waals surface area contributed by atoms with Gasteiger partial charge in [0.1, 0.15) is 0 Å². The summed E-state index contributed by atoms with van der Waals surface area (Å²) in [5, 5.41) is 0. The maximum absolute atomic E-state index is 6.04. The highest BCUT2D eigenvalue weighted by molar-refractivity contribution is 5.25. The summed E-state index contributed by atoms with van der Waals surface area (Å²) >= 11 is 0. The van der Waals surface area contributed by atoms with Gasteiger partial charge in [-0.2, -0.15) is 0 Å². The molecule has 0 bridgehead atoms. The standard InChI is InChI=1S/C16H26N2O2/c1-3-15-12-20-9-8-18(15)16(10-17)14-6-4-13(5-7-14)11-19-2/h4-7,15-16H,3,8-12,17H2,1-2H3. The van der Waals surface area contributed by atoms with E-state index in [0.717, 1.165) is 26.2 Å². The van der Waals surface area contributed by atoms with Gasteiger partial charge in [0, 0.05) is 32.3 Å². The minimum atomic E-state index is 0.278. The molecule has 0 aliphatic carbocycles. The number of methoxy groups -OCH3 is 1. The average molecular weight is 278 g/mol. The summed E-state index contributed by atoms with van der Waals surface area (Å²) < 4.78 is 10.7. The first-order valence-electron chi connectivity index (χ1n) is 7.41. The molecule has 1 heterocycles. The lowest BCUT2D eigenvalue weighted by molar-refractivity contribution is -0.0291. The molecule has 0 saturated carbocycles. The molecule has 1 saturated heterocycles. The smallest absolute Gasteiger partial charge is 0.0713 e. The predicted octanol–water partition coefficient (Wildman–Crippen LogP) is 1.94. The van der Waals surface area contributed by atoms with Gasteiger partial charge in [0.15, 0.2) is 0 Å². The molecule has 0 aromatic heterocycles. The Morgan fingerprint density at radius 3 is 2.75 bits per heavy atom. The fourth-order valence-electron chi connectivity index (χ4n) is 2.90. The molecule has 1 aromatic carbocycles. The van der Waals surface area contributed by atoms with E-state index in [-0.39, 0.29) is 6.04 Å². The maximum atomic E-state index is 6.04. The van der Waals surface area contributed by atoms with Crippen molar-refractivity contribution < 1.29 is 9.47 Å². The van der Waals surface area contributed by atoms with Crippen molar-refractivity contribution in [1.29, 1.82) is 0 Å². The van der Waals surface area contributed by atoms with E-state index in [4.69, 9.17) is 15.2 Å². The zero-order valence-corrected chi connectivity index (χ0v) is 12.5. The molecule has 4 nitrogen and oxygen atoms in total. The van der Waals surface area contributed by atoms with Gasteiger partial charge in [0.25, 0.3) is 0 Å². The average Bonchev–Trinajstić information content (AvgIpc) is 2.50. The largest absolute Gasteiger partial charge is 0.380 e. The Kier molecular flexibility index (Phi) is 5.98. The highest BCUT2D eigenvalue weighted by Gasteiger charge is 2.28. The molecule has 2 unspecified atom stereocenters. The van der Waals surface area contributed by atoms with Crippen LogP contribution in [0.25, 0.3) is 0 Å². The lowest BCUT2D eigenvalue weighted by atomic mass is 10.0. The van der Waals surface area contributed by atoms with Gasteiger partial charge in [-0.15, -0.1) is 0 Å². The van der Waals surface area contributed by atoms with Crippen LogP contribution in [0.3, 0.4) is 0 Å². The first-order valence-corrected chi connectivity index (χ1v) is 7.41. The molecule has 1 aromatic rings. The zero-order chi connectivity index (χ0) is 14.4. The van der Waals surface area contributed by atoms with Crippen LogP contribution in [0, 0.1) is 0 Å². The van der Waals surface area contributed by atoms with Crippen molar-refractivity contribution in [3.63, 3.8) is 0 Å². The molecule has 0 amide bonds. The molecule has 2 rings (SSSR count). The van der Waals surface area contributed by atoms with Crippen molar-refractivity contribution >= 4 is 0 Å². The van der Waals surface area contributed by atoms with Crippen molar-refractivity contribution in [2.24, 2.45) is 5.73 Å². The number of hydrogen-bond donors (Lipinski definition) is 1. The van der Waals surface area contributed by atoms with Gasteiger partial charge in [0.05, 0.1) is 19.8 Å². The molecule has 0 radical (unpaired) electrons. The fourth-order valence-corrected chi connectivity index (χ4v) is 2.90. The van der Waals surface area contributed by atoms with E-state index >= 15 is 0 Å². The molecule has 1 fully saturated rings. The molecule has 1 aliphatic heterocycles. The third kappa shape index (κ3) is 3.58. The molecule has 0 spiro atoms. The van der Waals surface area contributed by atoms with E-state index in [1.54, 1.807) is 7.11 Å². The predicted molar refractivity (Wildman–Crippen MR) is 80.6 cm³/mol. The number of ether oxygens (including phenoxy) is 2. The second-order valence-electron chi connectivity index (χ2n) is 5.30. The summed E-state index contributed by atoms with van der Waals surface area (Å²) in [5.41, 5.74) is 8.52. The molecular formula is C16H26N2O2. The third-order valence-electron chi connectivity index (χ3n) is 4.04. The second kappa shape index (κ2) is 7.74. The molecule has 20 heavy (non-hydrogen) atoms. The van der Waals surface area contributed by atoms with Crippen LogP contribution in [0.1, 0.15) is 30.5 Å². The van der Waals surface area contributed by atoms with Gasteiger partial charge in [0.2, 0.25) is 0 Å². The highest BCUT2D eigenvalue weighted by Crippen LogP contribution is 2.25. The van der Waals surface area contributed by atoms with Crippen molar-refractivity contribution in [1.82, 2.24) is 4.90 Å². The number of nitrogens with zero attached hydrogens (tertiary/aromatic N) is 1. The van der Waals surface area contributed by atoms with Gasteiger partial charge in [-0.1, -0.05) is 31.2 Å². The molecule has 4 heteroatoms. The Hall–Kier alpha value is -0.940. The normalized spacial score (nSPS) is 21.9. The van der Waals surface area contributed by atoms with Crippen molar-refractivity contribution in [3.8, 4) is 0 Å². The lowest BCUT2D eigenvalue weighted by Gasteiger charge is -2.40. The van der Waals surface area contributed by atoms with Gasteiger partial charge >= 0.3 is 0 Å². The van der Waals surface area contributed by atoms with Gasteiger partial charge in [-0.3, -0.25) is 4.90 Å². The quantitative estimate of drug-likeness (QED) is 0.864. The number of hydrogen-bond acceptors (Lipinski definition) is 4. The topological polar surface area (TPSA) is 47.7 Å². The number of benzene rings is 1. The molecular weight excluding hydrogens is 252 g/mol. The van der Waals surface area contributed by atoms with Crippen LogP contribution in [0.15, 0.2) is 24.3 Å². The Balaban J connectivity index is 2.13. The van der Waals surface area contributed by atoms with Crippen LogP contribution in [0.5, 0.6) is 0 Å². The van der Waals surface area contributed by atoms with Crippen molar-refractivity contribution in [2.75, 3.05) is 33.4 Å². The van der Waals surface area contributed by atoms with E-state index in [1.807, 2.05) is 0 Å².